The Kier molecular flexibility index (Phi) is 9.62. The maximum Gasteiger partial charge on any atom is 0.414 e. The van der Waals surface area contributed by atoms with Gasteiger partial charge in [-0.1, -0.05) is 12.1 Å². The maximum atomic E-state index is 13.4. The first-order chi connectivity index (χ1) is 16.2. The van der Waals surface area contributed by atoms with Gasteiger partial charge in [-0.3, -0.25) is 9.69 Å². The van der Waals surface area contributed by atoms with E-state index >= 15 is 0 Å². The average molecular weight is 478 g/mol. The van der Waals surface area contributed by atoms with Gasteiger partial charge in [0.05, 0.1) is 21.3 Å². The summed E-state index contributed by atoms with van der Waals surface area (Å²) in [6.07, 6.45) is 0. The molecular formula is C23H27FN2O8. The highest BCUT2D eigenvalue weighted by Gasteiger charge is 2.24. The third-order valence-corrected chi connectivity index (χ3v) is 5.09. The number of rotatable bonds is 6. The summed E-state index contributed by atoms with van der Waals surface area (Å²) in [5.41, 5.74) is 1.38. The van der Waals surface area contributed by atoms with Gasteiger partial charge in [0.25, 0.3) is 5.91 Å². The predicted octanol–water partition coefficient (Wildman–Crippen LogP) is 1.97. The van der Waals surface area contributed by atoms with Crippen LogP contribution in [0, 0.1) is 5.82 Å². The highest BCUT2D eigenvalue weighted by atomic mass is 19.1. The second-order valence-corrected chi connectivity index (χ2v) is 7.18. The number of methoxy groups -OCH3 is 3. The van der Waals surface area contributed by atoms with Gasteiger partial charge in [0, 0.05) is 43.9 Å². The fourth-order valence-corrected chi connectivity index (χ4v) is 3.44. The molecule has 2 aromatic carbocycles. The van der Waals surface area contributed by atoms with Gasteiger partial charge >= 0.3 is 11.9 Å². The van der Waals surface area contributed by atoms with Crippen molar-refractivity contribution in [2.24, 2.45) is 0 Å². The Balaban J connectivity index is 0.000000604. The van der Waals surface area contributed by atoms with E-state index in [1.807, 2.05) is 12.1 Å². The van der Waals surface area contributed by atoms with Crippen molar-refractivity contribution in [3.05, 3.63) is 53.3 Å². The van der Waals surface area contributed by atoms with Crippen molar-refractivity contribution >= 4 is 17.8 Å². The molecule has 34 heavy (non-hydrogen) atoms. The monoisotopic (exact) mass is 478 g/mol. The Bertz CT molecular complexity index is 1010. The highest BCUT2D eigenvalue weighted by Crippen LogP contribution is 2.40. The molecule has 0 bridgehead atoms. The first-order valence-corrected chi connectivity index (χ1v) is 10.2. The minimum atomic E-state index is -1.82. The van der Waals surface area contributed by atoms with Crippen LogP contribution in [0.15, 0.2) is 36.4 Å². The Morgan fingerprint density at radius 2 is 1.50 bits per heavy atom. The molecule has 184 valence electrons. The van der Waals surface area contributed by atoms with Crippen LogP contribution in [0.3, 0.4) is 0 Å². The quantitative estimate of drug-likeness (QED) is 0.599. The van der Waals surface area contributed by atoms with Crippen molar-refractivity contribution in [2.75, 3.05) is 47.5 Å². The summed E-state index contributed by atoms with van der Waals surface area (Å²) in [4.78, 5) is 34.8. The van der Waals surface area contributed by atoms with Crippen molar-refractivity contribution in [1.82, 2.24) is 9.80 Å². The van der Waals surface area contributed by atoms with Crippen LogP contribution < -0.4 is 14.2 Å². The largest absolute Gasteiger partial charge is 0.493 e. The van der Waals surface area contributed by atoms with Gasteiger partial charge in [0.15, 0.2) is 11.5 Å². The smallest absolute Gasteiger partial charge is 0.414 e. The van der Waals surface area contributed by atoms with Gasteiger partial charge < -0.3 is 29.3 Å². The van der Waals surface area contributed by atoms with Crippen LogP contribution in [0.4, 0.5) is 4.39 Å². The average Bonchev–Trinajstić information content (AvgIpc) is 2.84. The molecular weight excluding hydrogens is 451 g/mol. The topological polar surface area (TPSA) is 126 Å². The second-order valence-electron chi connectivity index (χ2n) is 7.18. The molecule has 0 unspecified atom stereocenters. The fourth-order valence-electron chi connectivity index (χ4n) is 3.44. The second kappa shape index (κ2) is 12.4. The van der Waals surface area contributed by atoms with Crippen LogP contribution >= 0.6 is 0 Å². The zero-order valence-corrected chi connectivity index (χ0v) is 19.1. The third-order valence-electron chi connectivity index (χ3n) is 5.09. The Labute approximate surface area is 196 Å². The van der Waals surface area contributed by atoms with Crippen LogP contribution in [0.2, 0.25) is 0 Å². The van der Waals surface area contributed by atoms with E-state index in [0.717, 1.165) is 18.7 Å². The predicted molar refractivity (Wildman–Crippen MR) is 119 cm³/mol. The van der Waals surface area contributed by atoms with E-state index < -0.39 is 17.8 Å². The van der Waals surface area contributed by atoms with Gasteiger partial charge in [-0.05, 0) is 24.3 Å². The molecule has 1 amide bonds. The fraction of sp³-hybridized carbons (Fsp3) is 0.348. The summed E-state index contributed by atoms with van der Waals surface area (Å²) >= 11 is 0. The minimum Gasteiger partial charge on any atom is -0.493 e. The molecule has 3 rings (SSSR count). The molecule has 1 fully saturated rings. The molecule has 0 radical (unpaired) electrons. The number of carboxylic acid groups (broad SMARTS) is 2. The third kappa shape index (κ3) is 6.82. The van der Waals surface area contributed by atoms with E-state index in [1.54, 1.807) is 38.4 Å². The molecule has 0 atom stereocenters. The molecule has 11 heteroatoms. The molecule has 2 N–H and O–H groups in total. The normalized spacial score (nSPS) is 13.4. The van der Waals surface area contributed by atoms with E-state index in [9.17, 15) is 9.18 Å². The highest BCUT2D eigenvalue weighted by molar-refractivity contribution is 6.27. The number of benzene rings is 2. The minimum absolute atomic E-state index is 0.136. The van der Waals surface area contributed by atoms with Crippen molar-refractivity contribution in [3.8, 4) is 17.2 Å². The molecule has 0 saturated carbocycles. The summed E-state index contributed by atoms with van der Waals surface area (Å²) in [6, 6.07) is 9.65. The van der Waals surface area contributed by atoms with E-state index in [0.29, 0.717) is 42.4 Å². The lowest BCUT2D eigenvalue weighted by Crippen LogP contribution is -2.48. The molecule has 2 aromatic rings. The van der Waals surface area contributed by atoms with Crippen molar-refractivity contribution in [2.45, 2.75) is 6.54 Å². The number of hydrogen-bond donors (Lipinski definition) is 2. The number of amides is 1. The SMILES string of the molecule is COc1ccc(CN2CCN(C(=O)c3cccc(F)c3)CC2)c(OC)c1OC.O=C(O)C(=O)O. The first-order valence-electron chi connectivity index (χ1n) is 10.2. The number of piperazine rings is 1. The summed E-state index contributed by atoms with van der Waals surface area (Å²) in [7, 11) is 4.78. The maximum absolute atomic E-state index is 13.4. The summed E-state index contributed by atoms with van der Waals surface area (Å²) < 4.78 is 29.7. The molecule has 1 aliphatic rings. The van der Waals surface area contributed by atoms with Crippen LogP contribution in [0.5, 0.6) is 17.2 Å². The van der Waals surface area contributed by atoms with E-state index in [2.05, 4.69) is 4.90 Å². The molecule has 0 aromatic heterocycles. The summed E-state index contributed by atoms with van der Waals surface area (Å²) in [6.45, 7) is 3.29. The first kappa shape index (κ1) is 26.4. The zero-order chi connectivity index (χ0) is 25.3. The lowest BCUT2D eigenvalue weighted by Gasteiger charge is -2.35. The van der Waals surface area contributed by atoms with Crippen molar-refractivity contribution < 1.29 is 43.2 Å². The van der Waals surface area contributed by atoms with Gasteiger partial charge in [-0.25, -0.2) is 14.0 Å². The van der Waals surface area contributed by atoms with Crippen molar-refractivity contribution in [3.63, 3.8) is 0 Å². The molecule has 1 saturated heterocycles. The van der Waals surface area contributed by atoms with Crippen molar-refractivity contribution in [1.29, 1.82) is 0 Å². The van der Waals surface area contributed by atoms with E-state index in [4.69, 9.17) is 34.0 Å². The Morgan fingerprint density at radius 1 is 0.882 bits per heavy atom. The number of aliphatic carboxylic acids is 2. The number of halogens is 1. The number of carbonyl (C=O) groups excluding carboxylic acids is 1. The van der Waals surface area contributed by atoms with Crippen LogP contribution in [0.25, 0.3) is 0 Å². The van der Waals surface area contributed by atoms with Crippen LogP contribution in [0.1, 0.15) is 15.9 Å². The van der Waals surface area contributed by atoms with E-state index in [1.165, 1.54) is 12.1 Å². The number of carboxylic acids is 2. The Morgan fingerprint density at radius 3 is 2.00 bits per heavy atom. The summed E-state index contributed by atoms with van der Waals surface area (Å²) in [5, 5.41) is 14.8. The van der Waals surface area contributed by atoms with E-state index in [-0.39, 0.29) is 5.91 Å². The number of carbonyl (C=O) groups is 3. The lowest BCUT2D eigenvalue weighted by molar-refractivity contribution is -0.159. The van der Waals surface area contributed by atoms with Crippen LogP contribution in [-0.4, -0.2) is 85.4 Å². The molecule has 1 heterocycles. The zero-order valence-electron chi connectivity index (χ0n) is 19.1. The van der Waals surface area contributed by atoms with Crippen LogP contribution in [-0.2, 0) is 16.1 Å². The number of ether oxygens (including phenoxy) is 3. The lowest BCUT2D eigenvalue weighted by atomic mass is 10.1. The number of nitrogens with zero attached hydrogens (tertiary/aromatic N) is 2. The summed E-state index contributed by atoms with van der Waals surface area (Å²) in [5.74, 6) is -2.34. The molecule has 10 nitrogen and oxygen atoms in total. The van der Waals surface area contributed by atoms with Gasteiger partial charge in [-0.15, -0.1) is 0 Å². The number of hydrogen-bond acceptors (Lipinski definition) is 7. The molecule has 1 aliphatic heterocycles. The van der Waals surface area contributed by atoms with Gasteiger partial charge in [0.1, 0.15) is 5.82 Å². The Hall–Kier alpha value is -3.86. The molecule has 0 spiro atoms. The van der Waals surface area contributed by atoms with Gasteiger partial charge in [-0.2, -0.15) is 0 Å². The molecule has 0 aliphatic carbocycles. The van der Waals surface area contributed by atoms with Gasteiger partial charge in [0.2, 0.25) is 5.75 Å². The standard InChI is InChI=1S/C21H25FN2O4.C2H2O4/c1-26-18-8-7-16(19(27-2)20(18)28-3)14-23-9-11-24(12-10-23)21(25)15-5-4-6-17(22)13-15;3-1(4)2(5)6/h4-8,13H,9-12,14H2,1-3H3;(H,3,4)(H,5,6).